The molecule has 0 aliphatic carbocycles. The van der Waals surface area contributed by atoms with Crippen LogP contribution >= 0.6 is 0 Å². The molecule has 0 aliphatic heterocycles. The fourth-order valence-corrected chi connectivity index (χ4v) is 1.48. The lowest BCUT2D eigenvalue weighted by Crippen LogP contribution is -2.43. The lowest BCUT2D eigenvalue weighted by atomic mass is 9.90. The maximum Gasteiger partial charge on any atom is 0.0540 e. The quantitative estimate of drug-likeness (QED) is 0.492. The van der Waals surface area contributed by atoms with E-state index in [1.165, 1.54) is 11.1 Å². The molecule has 0 amide bonds. The maximum atomic E-state index is 5.86. The Hall–Kier alpha value is -1.39. The van der Waals surface area contributed by atoms with Crippen LogP contribution in [0.3, 0.4) is 0 Å². The zero-order chi connectivity index (χ0) is 14.3. The average molecular weight is 250 g/mol. The molecule has 4 heteroatoms. The lowest BCUT2D eigenvalue weighted by molar-refractivity contribution is 0.159. The molecule has 0 spiro atoms. The molecule has 0 bridgehead atoms. The highest BCUT2D eigenvalue weighted by Gasteiger charge is 2.23. The number of rotatable bonds is 3. The number of nitrogens with zero attached hydrogens (tertiary/aromatic N) is 2. The number of hydrazine groups is 1. The van der Waals surface area contributed by atoms with Gasteiger partial charge in [-0.3, -0.25) is 5.84 Å². The van der Waals surface area contributed by atoms with Crippen molar-refractivity contribution in [3.63, 3.8) is 0 Å². The Bertz CT molecular complexity index is 370. The summed E-state index contributed by atoms with van der Waals surface area (Å²) in [6.45, 7) is 11.6. The van der Waals surface area contributed by atoms with E-state index < -0.39 is 0 Å². The number of hydrogen-bond acceptors (Lipinski definition) is 4. The van der Waals surface area contributed by atoms with Crippen LogP contribution in [0.4, 0.5) is 0 Å². The summed E-state index contributed by atoms with van der Waals surface area (Å²) in [6.07, 6.45) is 0. The monoisotopic (exact) mass is 250 g/mol. The third-order valence-corrected chi connectivity index (χ3v) is 3.14. The van der Waals surface area contributed by atoms with Crippen LogP contribution in [0, 0.1) is 0 Å². The Morgan fingerprint density at radius 3 is 2.22 bits per heavy atom. The smallest absolute Gasteiger partial charge is 0.0540 e. The number of nitrogens with two attached hydrogens (primary N) is 2. The van der Waals surface area contributed by atoms with Crippen molar-refractivity contribution in [2.24, 2.45) is 16.8 Å². The first-order chi connectivity index (χ1) is 8.27. The summed E-state index contributed by atoms with van der Waals surface area (Å²) < 4.78 is 0. The minimum atomic E-state index is -0.120. The molecule has 102 valence electrons. The van der Waals surface area contributed by atoms with Crippen LogP contribution in [0.15, 0.2) is 29.4 Å². The topological polar surface area (TPSA) is 67.6 Å². The van der Waals surface area contributed by atoms with Crippen LogP contribution in [0.5, 0.6) is 0 Å². The fourth-order valence-electron chi connectivity index (χ4n) is 1.48. The molecule has 4 nitrogen and oxygen atoms in total. The number of benzene rings is 1. The van der Waals surface area contributed by atoms with Crippen molar-refractivity contribution < 1.29 is 0 Å². The van der Waals surface area contributed by atoms with E-state index >= 15 is 0 Å². The summed E-state index contributed by atoms with van der Waals surface area (Å²) in [4.78, 5) is 0. The molecule has 0 unspecified atom stereocenters. The van der Waals surface area contributed by atoms with Crippen molar-refractivity contribution in [3.05, 3.63) is 35.4 Å². The molecular weight excluding hydrogens is 224 g/mol. The van der Waals surface area contributed by atoms with E-state index in [1.807, 2.05) is 7.05 Å². The van der Waals surface area contributed by atoms with E-state index in [-0.39, 0.29) is 5.54 Å². The first-order valence-electron chi connectivity index (χ1n) is 6.02. The molecular formula is C14H26N4. The van der Waals surface area contributed by atoms with Crippen molar-refractivity contribution >= 4 is 6.72 Å². The van der Waals surface area contributed by atoms with Gasteiger partial charge in [0.2, 0.25) is 0 Å². The Balaban J connectivity index is 0.000000873. The Labute approximate surface area is 111 Å². The minimum absolute atomic E-state index is 0.120. The van der Waals surface area contributed by atoms with E-state index in [4.69, 9.17) is 5.84 Å². The first kappa shape index (κ1) is 16.6. The van der Waals surface area contributed by atoms with Crippen LogP contribution in [-0.4, -0.2) is 18.8 Å². The average Bonchev–Trinajstić information content (AvgIpc) is 2.30. The van der Waals surface area contributed by atoms with Crippen LogP contribution in [0.2, 0.25) is 0 Å². The Morgan fingerprint density at radius 2 is 1.83 bits per heavy atom. The summed E-state index contributed by atoms with van der Waals surface area (Å²) in [5, 5.41) is 4.51. The van der Waals surface area contributed by atoms with E-state index in [0.29, 0.717) is 5.92 Å². The first-order valence-corrected chi connectivity index (χ1v) is 6.02. The van der Waals surface area contributed by atoms with Gasteiger partial charge in [0.1, 0.15) is 0 Å². The van der Waals surface area contributed by atoms with Gasteiger partial charge in [-0.25, -0.2) is 5.01 Å². The molecule has 0 aliphatic rings. The molecule has 4 N–H and O–H groups in total. The molecule has 1 rings (SSSR count). The molecule has 0 heterocycles. The molecule has 0 saturated heterocycles. The second-order valence-corrected chi connectivity index (χ2v) is 5.13. The van der Waals surface area contributed by atoms with Crippen LogP contribution in [0.25, 0.3) is 0 Å². The highest BCUT2D eigenvalue weighted by Crippen LogP contribution is 2.26. The second-order valence-electron chi connectivity index (χ2n) is 5.13. The predicted molar refractivity (Wildman–Crippen MR) is 79.2 cm³/mol. The largest absolute Gasteiger partial charge is 0.324 e. The van der Waals surface area contributed by atoms with Gasteiger partial charge in [-0.1, -0.05) is 38.1 Å². The summed E-state index contributed by atoms with van der Waals surface area (Å²) >= 11 is 0. The van der Waals surface area contributed by atoms with Gasteiger partial charge in [-0.15, -0.1) is 0 Å². The van der Waals surface area contributed by atoms with E-state index in [2.05, 4.69) is 69.6 Å². The third kappa shape index (κ3) is 4.47. The van der Waals surface area contributed by atoms with Crippen LogP contribution in [-0.2, 0) is 5.54 Å². The van der Waals surface area contributed by atoms with Gasteiger partial charge in [0.15, 0.2) is 0 Å². The maximum absolute atomic E-state index is 5.86. The third-order valence-electron chi connectivity index (χ3n) is 3.14. The Morgan fingerprint density at radius 1 is 1.33 bits per heavy atom. The van der Waals surface area contributed by atoms with Crippen LogP contribution < -0.4 is 11.7 Å². The normalized spacial score (nSPS) is 11.1. The zero-order valence-corrected chi connectivity index (χ0v) is 12.1. The van der Waals surface area contributed by atoms with Crippen molar-refractivity contribution in [2.45, 2.75) is 39.2 Å². The van der Waals surface area contributed by atoms with Gasteiger partial charge in [0.25, 0.3) is 0 Å². The van der Waals surface area contributed by atoms with Crippen molar-refractivity contribution in [3.8, 4) is 0 Å². The van der Waals surface area contributed by atoms with E-state index in [1.54, 1.807) is 5.01 Å². The SMILES string of the molecule is C=NN.CC(C)c1cccc(C(C)(C)N(C)N)c1. The van der Waals surface area contributed by atoms with Crippen molar-refractivity contribution in [2.75, 3.05) is 7.05 Å². The fraction of sp³-hybridized carbons (Fsp3) is 0.500. The Kier molecular flexibility index (Phi) is 6.58. The number of hydrazone groups is 1. The zero-order valence-electron chi connectivity index (χ0n) is 12.1. The summed E-state index contributed by atoms with van der Waals surface area (Å²) in [5.74, 6) is 10.8. The molecule has 0 atom stereocenters. The van der Waals surface area contributed by atoms with Gasteiger partial charge in [0, 0.05) is 13.8 Å². The van der Waals surface area contributed by atoms with Gasteiger partial charge in [0.05, 0.1) is 5.54 Å². The second kappa shape index (κ2) is 7.13. The van der Waals surface area contributed by atoms with Crippen molar-refractivity contribution in [1.82, 2.24) is 5.01 Å². The van der Waals surface area contributed by atoms with Crippen molar-refractivity contribution in [1.29, 1.82) is 0 Å². The van der Waals surface area contributed by atoms with Gasteiger partial charge in [-0.2, -0.15) is 5.10 Å². The van der Waals surface area contributed by atoms with E-state index in [0.717, 1.165) is 0 Å². The highest BCUT2D eigenvalue weighted by atomic mass is 15.4. The van der Waals surface area contributed by atoms with Gasteiger partial charge < -0.3 is 5.84 Å². The minimum Gasteiger partial charge on any atom is -0.324 e. The number of hydrogen-bond donors (Lipinski definition) is 2. The summed E-state index contributed by atoms with van der Waals surface area (Å²) in [5.41, 5.74) is 2.51. The summed E-state index contributed by atoms with van der Waals surface area (Å²) in [6, 6.07) is 8.65. The van der Waals surface area contributed by atoms with Gasteiger partial charge in [-0.05, 0) is 30.9 Å². The molecule has 0 saturated carbocycles. The van der Waals surface area contributed by atoms with Gasteiger partial charge >= 0.3 is 0 Å². The molecule has 18 heavy (non-hydrogen) atoms. The molecule has 1 aromatic carbocycles. The molecule has 1 aromatic rings. The standard InChI is InChI=1S/C13H22N2.CH4N2/c1-10(2)11-7-6-8-12(9-11)13(3,4)15(5)14;1-3-2/h6-10H,14H2,1-5H3;1-2H2. The molecule has 0 radical (unpaired) electrons. The molecule has 0 fully saturated rings. The van der Waals surface area contributed by atoms with E-state index in [9.17, 15) is 0 Å². The highest BCUT2D eigenvalue weighted by molar-refractivity contribution is 5.30. The molecule has 0 aromatic heterocycles. The predicted octanol–water partition coefficient (Wildman–Crippen LogP) is 2.41. The van der Waals surface area contributed by atoms with Crippen LogP contribution in [0.1, 0.15) is 44.7 Å². The summed E-state index contributed by atoms with van der Waals surface area (Å²) in [7, 11) is 1.90. The lowest BCUT2D eigenvalue weighted by Gasteiger charge is -2.33.